The molecular weight excluding hydrogens is 238 g/mol. The van der Waals surface area contributed by atoms with Crippen molar-refractivity contribution in [3.05, 3.63) is 0 Å². The Labute approximate surface area is 105 Å². The number of likely N-dealkylation sites (N-methyl/N-ethyl adjacent to an activating group) is 1. The molecule has 17 heavy (non-hydrogen) atoms. The van der Waals surface area contributed by atoms with E-state index in [0.29, 0.717) is 19.6 Å². The first-order valence-corrected chi connectivity index (χ1v) is 7.57. The molecule has 0 aromatic carbocycles. The molecule has 0 aromatic heterocycles. The smallest absolute Gasteiger partial charge is 0.218 e. The number of nitrogens with zero attached hydrogens (tertiary/aromatic N) is 2. The van der Waals surface area contributed by atoms with Gasteiger partial charge in [-0.3, -0.25) is 4.90 Å². The van der Waals surface area contributed by atoms with Crippen LogP contribution in [0.3, 0.4) is 0 Å². The molecule has 1 aliphatic heterocycles. The van der Waals surface area contributed by atoms with Gasteiger partial charge in [-0.2, -0.15) is 4.31 Å². The second kappa shape index (κ2) is 5.22. The summed E-state index contributed by atoms with van der Waals surface area (Å²) in [5, 5.41) is 2.56. The number of sulfonamides is 1. The topological polar surface area (TPSA) is 52.7 Å². The summed E-state index contributed by atoms with van der Waals surface area (Å²) in [7, 11) is 0.646. The van der Waals surface area contributed by atoms with Crippen LogP contribution in [0.1, 0.15) is 20.8 Å². The van der Waals surface area contributed by atoms with Gasteiger partial charge in [0.25, 0.3) is 0 Å². The Hall–Kier alpha value is -0.170. The van der Waals surface area contributed by atoms with Crippen LogP contribution in [0.25, 0.3) is 0 Å². The molecule has 0 bridgehead atoms. The van der Waals surface area contributed by atoms with Crippen molar-refractivity contribution < 1.29 is 8.42 Å². The van der Waals surface area contributed by atoms with E-state index in [1.54, 1.807) is 18.3 Å². The minimum atomic E-state index is -3.17. The highest BCUT2D eigenvalue weighted by atomic mass is 32.2. The standard InChI is InChI=1S/C11H25N3O2S/c1-10(8-12-4)17(15,16)14-7-6-13(5)11(2,3)9-14/h10,12H,6-9H2,1-5H3. The first-order chi connectivity index (χ1) is 7.71. The molecular formula is C11H25N3O2S. The number of nitrogens with one attached hydrogen (secondary N) is 1. The zero-order valence-corrected chi connectivity index (χ0v) is 12.3. The Kier molecular flexibility index (Phi) is 4.57. The lowest BCUT2D eigenvalue weighted by Crippen LogP contribution is -2.60. The van der Waals surface area contributed by atoms with Crippen LogP contribution in [-0.2, 0) is 10.0 Å². The van der Waals surface area contributed by atoms with Gasteiger partial charge in [0.2, 0.25) is 10.0 Å². The normalized spacial score (nSPS) is 24.8. The van der Waals surface area contributed by atoms with Crippen LogP contribution in [0, 0.1) is 0 Å². The molecule has 1 saturated heterocycles. The summed E-state index contributed by atoms with van der Waals surface area (Å²) in [6.07, 6.45) is 0. The molecule has 1 unspecified atom stereocenters. The Morgan fingerprint density at radius 3 is 2.41 bits per heavy atom. The molecule has 1 N–H and O–H groups in total. The van der Waals surface area contributed by atoms with Crippen molar-refractivity contribution in [3.8, 4) is 0 Å². The molecule has 0 amide bonds. The Morgan fingerprint density at radius 2 is 1.94 bits per heavy atom. The second-order valence-corrected chi connectivity index (χ2v) is 7.83. The van der Waals surface area contributed by atoms with Gasteiger partial charge in [0.05, 0.1) is 5.25 Å². The van der Waals surface area contributed by atoms with E-state index in [4.69, 9.17) is 0 Å². The van der Waals surface area contributed by atoms with Crippen LogP contribution in [0.2, 0.25) is 0 Å². The van der Waals surface area contributed by atoms with Crippen molar-refractivity contribution in [2.75, 3.05) is 40.3 Å². The highest BCUT2D eigenvalue weighted by Gasteiger charge is 2.38. The summed E-state index contributed by atoms with van der Waals surface area (Å²) < 4.78 is 26.3. The third-order valence-corrected chi connectivity index (χ3v) is 5.86. The zero-order valence-electron chi connectivity index (χ0n) is 11.5. The predicted molar refractivity (Wildman–Crippen MR) is 70.6 cm³/mol. The largest absolute Gasteiger partial charge is 0.318 e. The van der Waals surface area contributed by atoms with E-state index in [9.17, 15) is 8.42 Å². The molecule has 1 aliphatic rings. The molecule has 0 aliphatic carbocycles. The fraction of sp³-hybridized carbons (Fsp3) is 1.00. The minimum absolute atomic E-state index is 0.0926. The van der Waals surface area contributed by atoms with Gasteiger partial charge in [0.1, 0.15) is 0 Å². The summed E-state index contributed by atoms with van der Waals surface area (Å²) in [5.41, 5.74) is -0.0926. The van der Waals surface area contributed by atoms with E-state index in [0.717, 1.165) is 6.54 Å². The van der Waals surface area contributed by atoms with Gasteiger partial charge in [-0.15, -0.1) is 0 Å². The lowest BCUT2D eigenvalue weighted by Gasteiger charge is -2.45. The lowest BCUT2D eigenvalue weighted by molar-refractivity contribution is 0.0797. The predicted octanol–water partition coefficient (Wildman–Crippen LogP) is -0.0499. The average molecular weight is 263 g/mol. The first kappa shape index (κ1) is 14.9. The van der Waals surface area contributed by atoms with Gasteiger partial charge in [-0.1, -0.05) is 0 Å². The van der Waals surface area contributed by atoms with Gasteiger partial charge in [0, 0.05) is 31.7 Å². The van der Waals surface area contributed by atoms with Crippen molar-refractivity contribution in [1.29, 1.82) is 0 Å². The van der Waals surface area contributed by atoms with Crippen LogP contribution in [0.5, 0.6) is 0 Å². The quantitative estimate of drug-likeness (QED) is 0.773. The molecule has 1 fully saturated rings. The molecule has 0 radical (unpaired) electrons. The zero-order chi connectivity index (χ0) is 13.3. The first-order valence-electron chi connectivity index (χ1n) is 6.06. The summed E-state index contributed by atoms with van der Waals surface area (Å²) in [6.45, 7) is 8.37. The second-order valence-electron chi connectivity index (χ2n) is 5.48. The van der Waals surface area contributed by atoms with Crippen LogP contribution in [-0.4, -0.2) is 68.7 Å². The number of hydrogen-bond donors (Lipinski definition) is 1. The molecule has 0 saturated carbocycles. The summed E-state index contributed by atoms with van der Waals surface area (Å²) in [4.78, 5) is 2.21. The van der Waals surface area contributed by atoms with Gasteiger partial charge in [-0.05, 0) is 34.9 Å². The van der Waals surface area contributed by atoms with E-state index < -0.39 is 10.0 Å². The Bertz CT molecular complexity index is 354. The molecule has 6 heteroatoms. The minimum Gasteiger partial charge on any atom is -0.318 e. The monoisotopic (exact) mass is 263 g/mol. The number of hydrogen-bond acceptors (Lipinski definition) is 4. The maximum Gasteiger partial charge on any atom is 0.218 e. The molecule has 102 valence electrons. The molecule has 1 heterocycles. The SMILES string of the molecule is CNCC(C)S(=O)(=O)N1CCN(C)C(C)(C)C1. The van der Waals surface area contributed by atoms with Crippen LogP contribution in [0.4, 0.5) is 0 Å². The third kappa shape index (κ3) is 3.19. The molecule has 0 aromatic rings. The fourth-order valence-corrected chi connectivity index (χ4v) is 3.78. The maximum atomic E-state index is 12.3. The summed E-state index contributed by atoms with van der Waals surface area (Å²) in [5.74, 6) is 0. The van der Waals surface area contributed by atoms with Crippen LogP contribution >= 0.6 is 0 Å². The molecule has 0 spiro atoms. The van der Waals surface area contributed by atoms with Crippen LogP contribution in [0.15, 0.2) is 0 Å². The maximum absolute atomic E-state index is 12.3. The van der Waals surface area contributed by atoms with Crippen molar-refractivity contribution in [2.45, 2.75) is 31.6 Å². The van der Waals surface area contributed by atoms with Crippen molar-refractivity contribution in [1.82, 2.24) is 14.5 Å². The lowest BCUT2D eigenvalue weighted by atomic mass is 10.0. The van der Waals surface area contributed by atoms with E-state index in [1.807, 2.05) is 7.05 Å². The fourth-order valence-electron chi connectivity index (χ4n) is 2.06. The van der Waals surface area contributed by atoms with Crippen molar-refractivity contribution in [2.24, 2.45) is 0 Å². The highest BCUT2D eigenvalue weighted by Crippen LogP contribution is 2.22. The average Bonchev–Trinajstić information content (AvgIpc) is 2.22. The Morgan fingerprint density at radius 1 is 1.35 bits per heavy atom. The number of rotatable bonds is 4. The molecule has 1 rings (SSSR count). The Balaban J connectivity index is 2.81. The van der Waals surface area contributed by atoms with Crippen molar-refractivity contribution in [3.63, 3.8) is 0 Å². The number of piperazine rings is 1. The van der Waals surface area contributed by atoms with E-state index >= 15 is 0 Å². The van der Waals surface area contributed by atoms with Gasteiger partial charge < -0.3 is 5.32 Å². The van der Waals surface area contributed by atoms with E-state index in [-0.39, 0.29) is 10.8 Å². The van der Waals surface area contributed by atoms with Crippen LogP contribution < -0.4 is 5.32 Å². The molecule has 5 nitrogen and oxygen atoms in total. The van der Waals surface area contributed by atoms with E-state index in [1.165, 1.54) is 0 Å². The van der Waals surface area contributed by atoms with E-state index in [2.05, 4.69) is 24.1 Å². The van der Waals surface area contributed by atoms with Crippen molar-refractivity contribution >= 4 is 10.0 Å². The highest BCUT2D eigenvalue weighted by molar-refractivity contribution is 7.89. The molecule has 1 atom stereocenters. The van der Waals surface area contributed by atoms with Gasteiger partial charge in [0.15, 0.2) is 0 Å². The van der Waals surface area contributed by atoms with Gasteiger partial charge in [-0.25, -0.2) is 8.42 Å². The van der Waals surface area contributed by atoms with Gasteiger partial charge >= 0.3 is 0 Å². The summed E-state index contributed by atoms with van der Waals surface area (Å²) >= 11 is 0. The summed E-state index contributed by atoms with van der Waals surface area (Å²) in [6, 6.07) is 0. The third-order valence-electron chi connectivity index (χ3n) is 3.64.